The van der Waals surface area contributed by atoms with Crippen molar-refractivity contribution in [3.63, 3.8) is 0 Å². The highest BCUT2D eigenvalue weighted by atomic mass is 19.3. The van der Waals surface area contributed by atoms with E-state index in [9.17, 15) is 8.78 Å². The quantitative estimate of drug-likeness (QED) is 0.779. The topological polar surface area (TPSA) is 47.0 Å². The molecule has 0 aliphatic heterocycles. The summed E-state index contributed by atoms with van der Waals surface area (Å²) < 4.78 is 30.2. The van der Waals surface area contributed by atoms with Crippen molar-refractivity contribution in [3.8, 4) is 0 Å². The predicted molar refractivity (Wildman–Crippen MR) is 59.3 cm³/mol. The van der Waals surface area contributed by atoms with E-state index in [4.69, 9.17) is 4.74 Å². The van der Waals surface area contributed by atoms with Crippen LogP contribution in [0, 0.1) is 0 Å². The van der Waals surface area contributed by atoms with Gasteiger partial charge in [-0.2, -0.15) is 0 Å². The maximum absolute atomic E-state index is 12.7. The van der Waals surface area contributed by atoms with Crippen LogP contribution in [-0.2, 0) is 4.74 Å². The first-order valence-electron chi connectivity index (χ1n) is 5.60. The summed E-state index contributed by atoms with van der Waals surface area (Å²) in [5, 5.41) is 2.95. The first kappa shape index (κ1) is 12.2. The third-order valence-corrected chi connectivity index (χ3v) is 2.54. The number of hydrogen-bond donors (Lipinski definition) is 1. The van der Waals surface area contributed by atoms with Crippen molar-refractivity contribution < 1.29 is 13.5 Å². The maximum atomic E-state index is 12.7. The molecule has 1 aromatic heterocycles. The molecule has 0 unspecified atom stereocenters. The Kier molecular flexibility index (Phi) is 3.83. The van der Waals surface area contributed by atoms with Gasteiger partial charge in [0.1, 0.15) is 17.3 Å². The number of rotatable bonds is 6. The molecule has 1 N–H and O–H groups in total. The van der Waals surface area contributed by atoms with E-state index in [1.807, 2.05) is 0 Å². The summed E-state index contributed by atoms with van der Waals surface area (Å²) in [7, 11) is 1.59. The summed E-state index contributed by atoms with van der Waals surface area (Å²) in [4.78, 5) is 8.13. The molecule has 1 aliphatic carbocycles. The summed E-state index contributed by atoms with van der Waals surface area (Å²) >= 11 is 0. The molecule has 1 aliphatic rings. The number of nitrogens with zero attached hydrogens (tertiary/aromatic N) is 2. The zero-order valence-corrected chi connectivity index (χ0v) is 9.62. The van der Waals surface area contributed by atoms with Gasteiger partial charge >= 0.3 is 0 Å². The number of nitrogens with one attached hydrogen (secondary N) is 1. The van der Waals surface area contributed by atoms with E-state index < -0.39 is 6.43 Å². The Hall–Kier alpha value is -1.30. The second kappa shape index (κ2) is 5.35. The third kappa shape index (κ3) is 3.33. The first-order valence-corrected chi connectivity index (χ1v) is 5.60. The van der Waals surface area contributed by atoms with Crippen LogP contribution in [0.3, 0.4) is 0 Å². The van der Waals surface area contributed by atoms with E-state index in [-0.39, 0.29) is 11.6 Å². The standard InChI is InChI=1S/C11H15F2N3O/c1-17-5-4-14-9-6-8(10(12)13)15-11(16-9)7-2-3-7/h6-7,10H,2-5H2,1H3,(H,14,15,16). The Balaban J connectivity index is 2.12. The zero-order chi connectivity index (χ0) is 12.3. The number of alkyl halides is 2. The molecular weight excluding hydrogens is 228 g/mol. The van der Waals surface area contributed by atoms with Crippen LogP contribution < -0.4 is 5.32 Å². The molecule has 4 nitrogen and oxygen atoms in total. The van der Waals surface area contributed by atoms with Gasteiger partial charge in [-0.1, -0.05) is 0 Å². The number of hydrogen-bond acceptors (Lipinski definition) is 4. The normalized spacial score (nSPS) is 15.3. The van der Waals surface area contributed by atoms with Gasteiger partial charge in [0.05, 0.1) is 6.61 Å². The van der Waals surface area contributed by atoms with Gasteiger partial charge in [-0.3, -0.25) is 0 Å². The molecule has 0 aromatic carbocycles. The molecule has 6 heteroatoms. The van der Waals surface area contributed by atoms with Crippen molar-refractivity contribution in [1.82, 2.24) is 9.97 Å². The Labute approximate surface area is 98.4 Å². The SMILES string of the molecule is COCCNc1cc(C(F)F)nc(C2CC2)n1. The highest BCUT2D eigenvalue weighted by molar-refractivity contribution is 5.37. The number of methoxy groups -OCH3 is 1. The average Bonchev–Trinajstić information content (AvgIpc) is 3.13. The summed E-state index contributed by atoms with van der Waals surface area (Å²) in [6, 6.07) is 1.30. The van der Waals surface area contributed by atoms with Gasteiger partial charge < -0.3 is 10.1 Å². The molecule has 1 fully saturated rings. The molecule has 0 saturated heterocycles. The molecule has 0 spiro atoms. The Morgan fingerprint density at radius 2 is 2.24 bits per heavy atom. The van der Waals surface area contributed by atoms with Crippen LogP contribution in [0.5, 0.6) is 0 Å². The monoisotopic (exact) mass is 243 g/mol. The third-order valence-electron chi connectivity index (χ3n) is 2.54. The molecule has 1 saturated carbocycles. The number of halogens is 2. The predicted octanol–water partition coefficient (Wildman–Crippen LogP) is 2.35. The molecule has 94 valence electrons. The fourth-order valence-electron chi connectivity index (χ4n) is 1.49. The molecule has 1 aromatic rings. The van der Waals surface area contributed by atoms with E-state index in [0.29, 0.717) is 24.8 Å². The van der Waals surface area contributed by atoms with Gasteiger partial charge in [-0.25, -0.2) is 18.7 Å². The van der Waals surface area contributed by atoms with Crippen LogP contribution in [0.4, 0.5) is 14.6 Å². The van der Waals surface area contributed by atoms with Gasteiger partial charge in [0.15, 0.2) is 0 Å². The summed E-state index contributed by atoms with van der Waals surface area (Å²) in [5.74, 6) is 1.24. The Morgan fingerprint density at radius 3 is 2.82 bits per heavy atom. The van der Waals surface area contributed by atoms with Crippen molar-refractivity contribution in [1.29, 1.82) is 0 Å². The van der Waals surface area contributed by atoms with Crippen LogP contribution in [0.1, 0.15) is 36.7 Å². The van der Waals surface area contributed by atoms with Gasteiger partial charge in [-0.05, 0) is 12.8 Å². The van der Waals surface area contributed by atoms with E-state index in [1.54, 1.807) is 7.11 Å². The number of aromatic nitrogens is 2. The first-order chi connectivity index (χ1) is 8.20. The van der Waals surface area contributed by atoms with Crippen LogP contribution in [0.15, 0.2) is 6.07 Å². The van der Waals surface area contributed by atoms with Crippen molar-refractivity contribution in [3.05, 3.63) is 17.6 Å². The fourth-order valence-corrected chi connectivity index (χ4v) is 1.49. The highest BCUT2D eigenvalue weighted by Crippen LogP contribution is 2.39. The molecule has 0 radical (unpaired) electrons. The summed E-state index contributed by atoms with van der Waals surface area (Å²) in [5.41, 5.74) is -0.207. The Bertz CT molecular complexity index is 363. The van der Waals surface area contributed by atoms with E-state index in [0.717, 1.165) is 12.8 Å². The van der Waals surface area contributed by atoms with Crippen molar-refractivity contribution in [2.45, 2.75) is 25.2 Å². The van der Waals surface area contributed by atoms with Crippen molar-refractivity contribution in [2.75, 3.05) is 25.6 Å². The largest absolute Gasteiger partial charge is 0.383 e. The number of ether oxygens (including phenoxy) is 1. The highest BCUT2D eigenvalue weighted by Gasteiger charge is 2.28. The van der Waals surface area contributed by atoms with Gasteiger partial charge in [0.2, 0.25) is 0 Å². The Morgan fingerprint density at radius 1 is 1.47 bits per heavy atom. The van der Waals surface area contributed by atoms with Crippen LogP contribution in [-0.4, -0.2) is 30.2 Å². The van der Waals surface area contributed by atoms with Gasteiger partial charge in [0.25, 0.3) is 6.43 Å². The lowest BCUT2D eigenvalue weighted by molar-refractivity contribution is 0.145. The lowest BCUT2D eigenvalue weighted by Crippen LogP contribution is -2.11. The average molecular weight is 243 g/mol. The molecule has 17 heavy (non-hydrogen) atoms. The second-order valence-corrected chi connectivity index (χ2v) is 4.03. The summed E-state index contributed by atoms with van der Waals surface area (Å²) in [6.45, 7) is 1.05. The van der Waals surface area contributed by atoms with E-state index >= 15 is 0 Å². The van der Waals surface area contributed by atoms with Crippen molar-refractivity contribution >= 4 is 5.82 Å². The minimum absolute atomic E-state index is 0.207. The lowest BCUT2D eigenvalue weighted by atomic mass is 10.3. The van der Waals surface area contributed by atoms with Crippen LogP contribution >= 0.6 is 0 Å². The lowest BCUT2D eigenvalue weighted by Gasteiger charge is -2.09. The van der Waals surface area contributed by atoms with Crippen molar-refractivity contribution in [2.24, 2.45) is 0 Å². The molecule has 1 heterocycles. The summed E-state index contributed by atoms with van der Waals surface area (Å²) in [6.07, 6.45) is -0.576. The maximum Gasteiger partial charge on any atom is 0.280 e. The smallest absolute Gasteiger partial charge is 0.280 e. The number of anilines is 1. The van der Waals surface area contributed by atoms with E-state index in [2.05, 4.69) is 15.3 Å². The van der Waals surface area contributed by atoms with Gasteiger partial charge in [-0.15, -0.1) is 0 Å². The molecule has 0 amide bonds. The van der Waals surface area contributed by atoms with E-state index in [1.165, 1.54) is 6.07 Å². The van der Waals surface area contributed by atoms with Crippen LogP contribution in [0.2, 0.25) is 0 Å². The minimum atomic E-state index is -2.56. The molecule has 2 rings (SSSR count). The second-order valence-electron chi connectivity index (χ2n) is 4.03. The molecular formula is C11H15F2N3O. The molecule has 0 bridgehead atoms. The minimum Gasteiger partial charge on any atom is -0.383 e. The van der Waals surface area contributed by atoms with Gasteiger partial charge in [0, 0.05) is 25.6 Å². The zero-order valence-electron chi connectivity index (χ0n) is 9.62. The molecule has 0 atom stereocenters. The van der Waals surface area contributed by atoms with Crippen LogP contribution in [0.25, 0.3) is 0 Å². The fraction of sp³-hybridized carbons (Fsp3) is 0.636.